The molecule has 0 aliphatic heterocycles. The van der Waals surface area contributed by atoms with Crippen LogP contribution >= 0.6 is 0 Å². The van der Waals surface area contributed by atoms with E-state index in [0.717, 1.165) is 5.92 Å². The summed E-state index contributed by atoms with van der Waals surface area (Å²) in [4.78, 5) is 0. The van der Waals surface area contributed by atoms with Gasteiger partial charge in [-0.1, -0.05) is 27.7 Å². The summed E-state index contributed by atoms with van der Waals surface area (Å²) in [5, 5.41) is 0. The largest absolute Gasteiger partial charge is 0.378 e. The molecule has 0 saturated heterocycles. The van der Waals surface area contributed by atoms with Crippen LogP contribution in [0.4, 0.5) is 0 Å². The minimum absolute atomic E-state index is 0.264. The monoisotopic (exact) mass is 158 g/mol. The number of ether oxygens (including phenoxy) is 1. The van der Waals surface area contributed by atoms with Crippen molar-refractivity contribution in [1.29, 1.82) is 0 Å². The molecule has 0 heterocycles. The van der Waals surface area contributed by atoms with Crippen LogP contribution in [0.3, 0.4) is 0 Å². The molecule has 0 N–H and O–H groups in total. The molecule has 1 fully saturated rings. The maximum Gasteiger partial charge on any atom is 0.0701 e. The molecule has 0 amide bonds. The summed E-state index contributed by atoms with van der Waals surface area (Å²) in [6.45, 7) is 8.48. The van der Waals surface area contributed by atoms with E-state index >= 15 is 0 Å². The minimum atomic E-state index is 0.264. The molecule has 1 heteroatoms. The van der Waals surface area contributed by atoms with Crippen molar-refractivity contribution in [2.75, 3.05) is 7.11 Å². The van der Waals surface area contributed by atoms with E-state index in [-0.39, 0.29) is 5.60 Å². The Kier molecular flexibility index (Phi) is 4.74. The van der Waals surface area contributed by atoms with E-state index in [4.69, 9.17) is 4.74 Å². The van der Waals surface area contributed by atoms with E-state index in [1.807, 2.05) is 21.0 Å². The smallest absolute Gasteiger partial charge is 0.0701 e. The Morgan fingerprint density at radius 2 is 2.00 bits per heavy atom. The van der Waals surface area contributed by atoms with Crippen LogP contribution in [0.2, 0.25) is 0 Å². The van der Waals surface area contributed by atoms with Crippen LogP contribution in [0, 0.1) is 5.92 Å². The van der Waals surface area contributed by atoms with Gasteiger partial charge in [-0.3, -0.25) is 0 Å². The maximum atomic E-state index is 5.44. The molecule has 1 aliphatic rings. The van der Waals surface area contributed by atoms with Crippen molar-refractivity contribution in [2.24, 2.45) is 5.92 Å². The molecule has 1 saturated carbocycles. The molecule has 1 aliphatic carbocycles. The Balaban J connectivity index is 0.000000461. The number of methoxy groups -OCH3 is 1. The fraction of sp³-hybridized carbons (Fsp3) is 1.00. The van der Waals surface area contributed by atoms with Gasteiger partial charge in [-0.15, -0.1) is 0 Å². The highest BCUT2D eigenvalue weighted by Gasteiger charge is 2.42. The Hall–Kier alpha value is -0.0400. The van der Waals surface area contributed by atoms with E-state index in [9.17, 15) is 0 Å². The van der Waals surface area contributed by atoms with E-state index in [0.29, 0.717) is 0 Å². The lowest BCUT2D eigenvalue weighted by molar-refractivity contribution is -0.119. The molecule has 0 aromatic rings. The van der Waals surface area contributed by atoms with Gasteiger partial charge >= 0.3 is 0 Å². The van der Waals surface area contributed by atoms with E-state index < -0.39 is 0 Å². The number of hydrogen-bond donors (Lipinski definition) is 0. The van der Waals surface area contributed by atoms with Gasteiger partial charge in [0.1, 0.15) is 0 Å². The Morgan fingerprint density at radius 3 is 2.00 bits per heavy atom. The molecule has 0 aromatic heterocycles. The molecule has 0 spiro atoms. The predicted molar refractivity (Wildman–Crippen MR) is 49.8 cm³/mol. The second-order valence-electron chi connectivity index (χ2n) is 3.06. The van der Waals surface area contributed by atoms with Gasteiger partial charge in [0.15, 0.2) is 0 Å². The van der Waals surface area contributed by atoms with Crippen LogP contribution in [-0.2, 0) is 4.74 Å². The summed E-state index contributed by atoms with van der Waals surface area (Å²) in [5.74, 6) is 0.785. The van der Waals surface area contributed by atoms with Crippen molar-refractivity contribution in [1.82, 2.24) is 0 Å². The molecule has 2 atom stereocenters. The first-order chi connectivity index (χ1) is 5.25. The van der Waals surface area contributed by atoms with Crippen molar-refractivity contribution in [3.63, 3.8) is 0 Å². The summed E-state index contributed by atoms with van der Waals surface area (Å²) in [7, 11) is 1.83. The standard InChI is InChI=1S/C8H16O.C2H6/c1-4-8(9-3)6-5-7(8)2;1-2/h7H,4-6H2,1-3H3;1-2H3. The fourth-order valence-electron chi connectivity index (χ4n) is 1.73. The quantitative estimate of drug-likeness (QED) is 0.599. The minimum Gasteiger partial charge on any atom is -0.378 e. The van der Waals surface area contributed by atoms with Crippen molar-refractivity contribution in [3.05, 3.63) is 0 Å². The summed E-state index contributed by atoms with van der Waals surface area (Å²) in [5.41, 5.74) is 0.264. The molecule has 0 aromatic carbocycles. The normalized spacial score (nSPS) is 35.2. The SMILES string of the molecule is CC.CCC1(OC)CCC1C. The summed E-state index contributed by atoms with van der Waals surface area (Å²) in [6.07, 6.45) is 3.79. The molecule has 1 nitrogen and oxygen atoms in total. The number of rotatable bonds is 2. The lowest BCUT2D eigenvalue weighted by Gasteiger charge is -2.46. The zero-order valence-corrected chi connectivity index (χ0v) is 8.61. The van der Waals surface area contributed by atoms with Crippen LogP contribution in [0.5, 0.6) is 0 Å². The van der Waals surface area contributed by atoms with Crippen molar-refractivity contribution < 1.29 is 4.74 Å². The number of hydrogen-bond acceptors (Lipinski definition) is 1. The molecular formula is C10H22O. The first kappa shape index (κ1) is 11.0. The third kappa shape index (κ3) is 1.96. The van der Waals surface area contributed by atoms with Gasteiger partial charge in [0.05, 0.1) is 5.60 Å². The highest BCUT2D eigenvalue weighted by atomic mass is 16.5. The van der Waals surface area contributed by atoms with Gasteiger partial charge < -0.3 is 4.74 Å². The van der Waals surface area contributed by atoms with Crippen LogP contribution in [0.1, 0.15) is 47.0 Å². The first-order valence-corrected chi connectivity index (χ1v) is 4.80. The lowest BCUT2D eigenvalue weighted by atomic mass is 9.69. The molecule has 0 radical (unpaired) electrons. The fourth-order valence-corrected chi connectivity index (χ4v) is 1.73. The Bertz CT molecular complexity index is 89.5. The average molecular weight is 158 g/mol. The molecule has 11 heavy (non-hydrogen) atoms. The molecule has 2 unspecified atom stereocenters. The second kappa shape index (κ2) is 4.76. The second-order valence-corrected chi connectivity index (χ2v) is 3.06. The third-order valence-electron chi connectivity index (χ3n) is 2.90. The van der Waals surface area contributed by atoms with E-state index in [2.05, 4.69) is 13.8 Å². The van der Waals surface area contributed by atoms with Gasteiger partial charge in [-0.25, -0.2) is 0 Å². The topological polar surface area (TPSA) is 9.23 Å². The summed E-state index contributed by atoms with van der Waals surface area (Å²) in [6, 6.07) is 0. The van der Waals surface area contributed by atoms with Crippen LogP contribution < -0.4 is 0 Å². The van der Waals surface area contributed by atoms with E-state index in [1.54, 1.807) is 0 Å². The van der Waals surface area contributed by atoms with Crippen LogP contribution in [0.25, 0.3) is 0 Å². The van der Waals surface area contributed by atoms with Gasteiger partial charge in [-0.05, 0) is 25.2 Å². The highest BCUT2D eigenvalue weighted by Crippen LogP contribution is 2.43. The van der Waals surface area contributed by atoms with Crippen molar-refractivity contribution >= 4 is 0 Å². The molecule has 0 bridgehead atoms. The summed E-state index contributed by atoms with van der Waals surface area (Å²) < 4.78 is 5.44. The van der Waals surface area contributed by atoms with Gasteiger partial charge in [0.2, 0.25) is 0 Å². The van der Waals surface area contributed by atoms with Crippen molar-refractivity contribution in [2.45, 2.75) is 52.6 Å². The zero-order chi connectivity index (χ0) is 8.91. The average Bonchev–Trinajstić information content (AvgIpc) is 2.08. The lowest BCUT2D eigenvalue weighted by Crippen LogP contribution is -2.46. The Morgan fingerprint density at radius 1 is 1.45 bits per heavy atom. The van der Waals surface area contributed by atoms with E-state index in [1.165, 1.54) is 19.3 Å². The van der Waals surface area contributed by atoms with Crippen LogP contribution in [-0.4, -0.2) is 12.7 Å². The van der Waals surface area contributed by atoms with Gasteiger partial charge in [0.25, 0.3) is 0 Å². The highest BCUT2D eigenvalue weighted by molar-refractivity contribution is 4.93. The first-order valence-electron chi connectivity index (χ1n) is 4.80. The zero-order valence-electron chi connectivity index (χ0n) is 8.61. The van der Waals surface area contributed by atoms with Gasteiger partial charge in [-0.2, -0.15) is 0 Å². The predicted octanol–water partition coefficient (Wildman–Crippen LogP) is 3.24. The molecular weight excluding hydrogens is 136 g/mol. The molecule has 68 valence electrons. The maximum absolute atomic E-state index is 5.44. The Labute approximate surface area is 71.1 Å². The van der Waals surface area contributed by atoms with Crippen LogP contribution in [0.15, 0.2) is 0 Å². The summed E-state index contributed by atoms with van der Waals surface area (Å²) >= 11 is 0. The molecule has 1 rings (SSSR count). The third-order valence-corrected chi connectivity index (χ3v) is 2.90. The van der Waals surface area contributed by atoms with Gasteiger partial charge in [0, 0.05) is 7.11 Å². The van der Waals surface area contributed by atoms with Crippen molar-refractivity contribution in [3.8, 4) is 0 Å².